The molecule has 0 aromatic carbocycles. The number of hydrogen-bond acceptors (Lipinski definition) is 9. The lowest BCUT2D eigenvalue weighted by molar-refractivity contribution is -0.147. The van der Waals surface area contributed by atoms with E-state index >= 15 is 0 Å². The Morgan fingerprint density at radius 3 is 2.69 bits per heavy atom. The topological polar surface area (TPSA) is 117 Å². The molecule has 0 N–H and O–H groups in total. The van der Waals surface area contributed by atoms with Crippen molar-refractivity contribution in [2.75, 3.05) is 31.4 Å². The van der Waals surface area contributed by atoms with Crippen molar-refractivity contribution in [2.45, 2.75) is 39.7 Å². The van der Waals surface area contributed by atoms with Crippen molar-refractivity contribution >= 4 is 21.8 Å². The van der Waals surface area contributed by atoms with Gasteiger partial charge in [0, 0.05) is 20.1 Å². The first-order valence-electron chi connectivity index (χ1n) is 10.7. The number of rotatable bonds is 9. The molecule has 0 saturated carbocycles. The monoisotopic (exact) mass is 465 g/mol. The molecule has 2 aromatic heterocycles. The van der Waals surface area contributed by atoms with Crippen LogP contribution >= 0.6 is 0 Å². The van der Waals surface area contributed by atoms with Gasteiger partial charge < -0.3 is 9.64 Å². The predicted octanol–water partition coefficient (Wildman–Crippen LogP) is 1.94. The highest BCUT2D eigenvalue weighted by Gasteiger charge is 2.34. The maximum absolute atomic E-state index is 12.1. The van der Waals surface area contributed by atoms with Gasteiger partial charge in [0.05, 0.1) is 42.1 Å². The van der Waals surface area contributed by atoms with E-state index in [0.29, 0.717) is 23.5 Å². The number of pyridine rings is 1. The van der Waals surface area contributed by atoms with Gasteiger partial charge in [-0.3, -0.25) is 8.98 Å². The Kier molecular flexibility index (Phi) is 7.50. The van der Waals surface area contributed by atoms with Crippen LogP contribution in [0.2, 0.25) is 0 Å². The van der Waals surface area contributed by atoms with Crippen molar-refractivity contribution in [1.82, 2.24) is 20.0 Å². The van der Waals surface area contributed by atoms with Crippen LogP contribution in [0.1, 0.15) is 38.1 Å². The minimum absolute atomic E-state index is 0.0979. The maximum atomic E-state index is 12.1. The molecule has 2 aromatic rings. The molecule has 1 aliphatic heterocycles. The second kappa shape index (κ2) is 9.95. The zero-order valence-electron chi connectivity index (χ0n) is 19.2. The Balaban J connectivity index is 1.85. The van der Waals surface area contributed by atoms with E-state index in [1.807, 2.05) is 26.0 Å². The van der Waals surface area contributed by atoms with Crippen LogP contribution in [0.25, 0.3) is 11.4 Å². The molecule has 11 heteroatoms. The van der Waals surface area contributed by atoms with Crippen molar-refractivity contribution in [3.63, 3.8) is 0 Å². The van der Waals surface area contributed by atoms with Gasteiger partial charge in [0.1, 0.15) is 12.3 Å². The van der Waals surface area contributed by atoms with Gasteiger partial charge in [-0.15, -0.1) is 5.10 Å². The van der Waals surface area contributed by atoms with Crippen molar-refractivity contribution in [1.29, 1.82) is 0 Å². The predicted molar refractivity (Wildman–Crippen MR) is 119 cm³/mol. The number of esters is 1. The second-order valence-corrected chi connectivity index (χ2v) is 9.67. The lowest BCUT2D eigenvalue weighted by Crippen LogP contribution is -2.28. The molecule has 1 fully saturated rings. The minimum atomic E-state index is -3.60. The molecule has 0 radical (unpaired) electrons. The molecule has 10 nitrogen and oxygen atoms in total. The molecule has 1 saturated heterocycles. The summed E-state index contributed by atoms with van der Waals surface area (Å²) in [5.74, 6) is 0.00547. The molecule has 0 bridgehead atoms. The van der Waals surface area contributed by atoms with Gasteiger partial charge in [-0.05, 0) is 37.3 Å². The molecule has 176 valence electrons. The van der Waals surface area contributed by atoms with Crippen molar-refractivity contribution in [3.8, 4) is 11.4 Å². The fourth-order valence-electron chi connectivity index (χ4n) is 4.25. The standard InChI is InChI=1S/C21H31N5O5S/c1-6-15(21(27)30-4)14-10-11-26(12-14)18-9-8-17(22-16(18)7-2)20-19(25(3)24-23-20)13-31-32(5,28)29/h8-9,14-15H,6-7,10-13H2,1-5H3/t14-,15?/m1/s1. The first-order chi connectivity index (χ1) is 15.2. The van der Waals surface area contributed by atoms with Gasteiger partial charge >= 0.3 is 5.97 Å². The van der Waals surface area contributed by atoms with Gasteiger partial charge in [0.2, 0.25) is 0 Å². The summed E-state index contributed by atoms with van der Waals surface area (Å²) in [6.45, 7) is 5.52. The summed E-state index contributed by atoms with van der Waals surface area (Å²) < 4.78 is 34.3. The van der Waals surface area contributed by atoms with Gasteiger partial charge in [-0.1, -0.05) is 19.1 Å². The van der Waals surface area contributed by atoms with E-state index in [4.69, 9.17) is 13.9 Å². The summed E-state index contributed by atoms with van der Waals surface area (Å²) in [6, 6.07) is 3.88. The molecule has 0 amide bonds. The smallest absolute Gasteiger partial charge is 0.308 e. The molecule has 1 unspecified atom stereocenters. The molecule has 0 spiro atoms. The number of hydrogen-bond donors (Lipinski definition) is 0. The van der Waals surface area contributed by atoms with Crippen LogP contribution in [0.5, 0.6) is 0 Å². The minimum Gasteiger partial charge on any atom is -0.469 e. The Labute approximate surface area is 189 Å². The summed E-state index contributed by atoms with van der Waals surface area (Å²) >= 11 is 0. The number of ether oxygens (including phenoxy) is 1. The largest absolute Gasteiger partial charge is 0.469 e. The molecular weight excluding hydrogens is 434 g/mol. The van der Waals surface area contributed by atoms with E-state index in [2.05, 4.69) is 15.2 Å². The van der Waals surface area contributed by atoms with Crippen LogP contribution < -0.4 is 4.90 Å². The SMILES string of the molecule is CCc1nc(-c2nnn(C)c2COS(C)(=O)=O)ccc1N1CC[C@@H](C(CC)C(=O)OC)C1. The number of carbonyl (C=O) groups excluding carboxylic acids is 1. The van der Waals surface area contributed by atoms with E-state index in [1.165, 1.54) is 11.8 Å². The second-order valence-electron chi connectivity index (χ2n) is 8.02. The first kappa shape index (κ1) is 24.1. The Morgan fingerprint density at radius 1 is 1.31 bits per heavy atom. The summed E-state index contributed by atoms with van der Waals surface area (Å²) in [5, 5.41) is 8.18. The van der Waals surface area contributed by atoms with E-state index in [-0.39, 0.29) is 24.4 Å². The van der Waals surface area contributed by atoms with Crippen molar-refractivity contribution < 1.29 is 22.1 Å². The van der Waals surface area contributed by atoms with Crippen LogP contribution in [-0.4, -0.2) is 60.8 Å². The van der Waals surface area contributed by atoms with Gasteiger partial charge in [-0.25, -0.2) is 9.67 Å². The number of carbonyl (C=O) groups is 1. The average Bonchev–Trinajstić information content (AvgIpc) is 3.38. The fraction of sp³-hybridized carbons (Fsp3) is 0.619. The third kappa shape index (κ3) is 5.26. The van der Waals surface area contributed by atoms with E-state index in [0.717, 1.165) is 43.6 Å². The molecule has 3 heterocycles. The highest BCUT2D eigenvalue weighted by molar-refractivity contribution is 7.85. The third-order valence-electron chi connectivity index (χ3n) is 5.96. The quantitative estimate of drug-likeness (QED) is 0.404. The number of anilines is 1. The highest BCUT2D eigenvalue weighted by atomic mass is 32.2. The molecule has 0 aliphatic carbocycles. The number of nitrogens with zero attached hydrogens (tertiary/aromatic N) is 5. The Bertz CT molecular complexity index is 1070. The molecule has 32 heavy (non-hydrogen) atoms. The normalized spacial score (nSPS) is 17.5. The summed E-state index contributed by atoms with van der Waals surface area (Å²) in [7, 11) is -0.474. The lowest BCUT2D eigenvalue weighted by atomic mass is 9.89. The molecule has 3 rings (SSSR count). The average molecular weight is 466 g/mol. The third-order valence-corrected chi connectivity index (χ3v) is 6.50. The van der Waals surface area contributed by atoms with Crippen molar-refractivity contribution in [3.05, 3.63) is 23.5 Å². The first-order valence-corrected chi connectivity index (χ1v) is 12.6. The Morgan fingerprint density at radius 2 is 2.06 bits per heavy atom. The van der Waals surface area contributed by atoms with E-state index in [1.54, 1.807) is 7.05 Å². The fourth-order valence-corrected chi connectivity index (χ4v) is 4.58. The van der Waals surface area contributed by atoms with E-state index in [9.17, 15) is 13.2 Å². The Hall–Kier alpha value is -2.53. The van der Waals surface area contributed by atoms with Crippen LogP contribution in [0.4, 0.5) is 5.69 Å². The maximum Gasteiger partial charge on any atom is 0.308 e. The zero-order chi connectivity index (χ0) is 23.5. The zero-order valence-corrected chi connectivity index (χ0v) is 20.1. The van der Waals surface area contributed by atoms with Crippen LogP contribution in [0.3, 0.4) is 0 Å². The molecule has 2 atom stereocenters. The van der Waals surface area contributed by atoms with Crippen LogP contribution in [0, 0.1) is 11.8 Å². The van der Waals surface area contributed by atoms with Crippen LogP contribution in [-0.2, 0) is 43.9 Å². The van der Waals surface area contributed by atoms with Gasteiger partial charge in [0.15, 0.2) is 0 Å². The number of methoxy groups -OCH3 is 1. The molecular formula is C21H31N5O5S. The summed E-state index contributed by atoms with van der Waals surface area (Å²) in [4.78, 5) is 19.2. The van der Waals surface area contributed by atoms with Crippen LogP contribution in [0.15, 0.2) is 12.1 Å². The van der Waals surface area contributed by atoms with Gasteiger partial charge in [-0.2, -0.15) is 8.42 Å². The highest BCUT2D eigenvalue weighted by Crippen LogP contribution is 2.33. The lowest BCUT2D eigenvalue weighted by Gasteiger charge is -2.24. The number of aryl methyl sites for hydroxylation is 2. The van der Waals surface area contributed by atoms with E-state index < -0.39 is 10.1 Å². The number of aromatic nitrogens is 4. The summed E-state index contributed by atoms with van der Waals surface area (Å²) in [6.07, 6.45) is 3.41. The summed E-state index contributed by atoms with van der Waals surface area (Å²) in [5.41, 5.74) is 3.59. The molecule has 1 aliphatic rings. The van der Waals surface area contributed by atoms with Crippen molar-refractivity contribution in [2.24, 2.45) is 18.9 Å². The van der Waals surface area contributed by atoms with Gasteiger partial charge in [0.25, 0.3) is 10.1 Å².